The van der Waals surface area contributed by atoms with Crippen molar-refractivity contribution in [2.75, 3.05) is 11.9 Å². The maximum atomic E-state index is 11.8. The first-order valence-corrected chi connectivity index (χ1v) is 6.31. The van der Waals surface area contributed by atoms with Crippen LogP contribution in [0.1, 0.15) is 13.3 Å². The highest BCUT2D eigenvalue weighted by Crippen LogP contribution is 2.14. The first-order chi connectivity index (χ1) is 9.20. The zero-order chi connectivity index (χ0) is 13.7. The van der Waals surface area contributed by atoms with Crippen LogP contribution >= 0.6 is 0 Å². The zero-order valence-corrected chi connectivity index (χ0v) is 10.9. The molecule has 0 bridgehead atoms. The lowest BCUT2D eigenvalue weighted by Gasteiger charge is -2.11. The number of carbonyl (C=O) groups is 1. The summed E-state index contributed by atoms with van der Waals surface area (Å²) in [5.74, 6) is -0.0759. The first-order valence-electron chi connectivity index (χ1n) is 6.31. The molecule has 100 valence electrons. The number of carbonyl (C=O) groups excluding carboxylic acids is 1. The van der Waals surface area contributed by atoms with Crippen LogP contribution in [0.3, 0.4) is 0 Å². The fourth-order valence-corrected chi connectivity index (χ4v) is 1.77. The minimum Gasteiger partial charge on any atom is -0.330 e. The van der Waals surface area contributed by atoms with E-state index in [1.165, 1.54) is 0 Å². The molecule has 0 aliphatic carbocycles. The van der Waals surface area contributed by atoms with Gasteiger partial charge >= 0.3 is 0 Å². The molecule has 2 aromatic rings. The molecular weight excluding hydrogens is 240 g/mol. The van der Waals surface area contributed by atoms with Gasteiger partial charge in [0.2, 0.25) is 5.91 Å². The number of amides is 1. The van der Waals surface area contributed by atoms with Crippen molar-refractivity contribution in [1.82, 2.24) is 9.78 Å². The maximum Gasteiger partial charge on any atom is 0.227 e. The van der Waals surface area contributed by atoms with Crippen LogP contribution in [0.4, 0.5) is 5.69 Å². The minimum absolute atomic E-state index is 0.00251. The molecule has 19 heavy (non-hydrogen) atoms. The van der Waals surface area contributed by atoms with Crippen LogP contribution in [-0.2, 0) is 4.79 Å². The second-order valence-corrected chi connectivity index (χ2v) is 4.47. The van der Waals surface area contributed by atoms with E-state index in [-0.39, 0.29) is 11.8 Å². The molecule has 0 spiro atoms. The van der Waals surface area contributed by atoms with Gasteiger partial charge in [0.05, 0.1) is 5.69 Å². The summed E-state index contributed by atoms with van der Waals surface area (Å²) in [6.07, 6.45) is 4.29. The summed E-state index contributed by atoms with van der Waals surface area (Å²) in [5, 5.41) is 7.02. The van der Waals surface area contributed by atoms with Gasteiger partial charge in [-0.05, 0) is 43.3 Å². The molecule has 1 unspecified atom stereocenters. The summed E-state index contributed by atoms with van der Waals surface area (Å²) in [7, 11) is 0. The van der Waals surface area contributed by atoms with Crippen molar-refractivity contribution in [2.45, 2.75) is 13.3 Å². The Morgan fingerprint density at radius 2 is 2.16 bits per heavy atom. The summed E-state index contributed by atoms with van der Waals surface area (Å²) >= 11 is 0. The number of benzene rings is 1. The fourth-order valence-electron chi connectivity index (χ4n) is 1.77. The van der Waals surface area contributed by atoms with Gasteiger partial charge < -0.3 is 11.1 Å². The average Bonchev–Trinajstić information content (AvgIpc) is 2.94. The van der Waals surface area contributed by atoms with Crippen molar-refractivity contribution in [3.05, 3.63) is 42.7 Å². The van der Waals surface area contributed by atoms with E-state index < -0.39 is 0 Å². The van der Waals surface area contributed by atoms with Crippen LogP contribution in [0.2, 0.25) is 0 Å². The van der Waals surface area contributed by atoms with Crippen molar-refractivity contribution >= 4 is 11.6 Å². The Balaban J connectivity index is 2.01. The number of anilines is 1. The predicted molar refractivity (Wildman–Crippen MR) is 75.0 cm³/mol. The molecule has 5 nitrogen and oxygen atoms in total. The van der Waals surface area contributed by atoms with Crippen LogP contribution in [0, 0.1) is 5.92 Å². The molecule has 0 saturated carbocycles. The molecule has 0 radical (unpaired) electrons. The Morgan fingerprint density at radius 1 is 1.42 bits per heavy atom. The van der Waals surface area contributed by atoms with Gasteiger partial charge in [0, 0.05) is 24.0 Å². The number of aromatic nitrogens is 2. The number of nitrogens with two attached hydrogens (primary N) is 1. The maximum absolute atomic E-state index is 11.8. The lowest BCUT2D eigenvalue weighted by atomic mass is 10.1. The summed E-state index contributed by atoms with van der Waals surface area (Å²) in [6.45, 7) is 2.40. The van der Waals surface area contributed by atoms with Crippen molar-refractivity contribution in [1.29, 1.82) is 0 Å². The highest BCUT2D eigenvalue weighted by atomic mass is 16.1. The largest absolute Gasteiger partial charge is 0.330 e. The number of hydrogen-bond acceptors (Lipinski definition) is 3. The Labute approximate surface area is 112 Å². The van der Waals surface area contributed by atoms with Gasteiger partial charge in [0.1, 0.15) is 0 Å². The Bertz CT molecular complexity index is 519. The van der Waals surface area contributed by atoms with Gasteiger partial charge in [-0.2, -0.15) is 5.10 Å². The van der Waals surface area contributed by atoms with E-state index in [4.69, 9.17) is 5.73 Å². The van der Waals surface area contributed by atoms with Gasteiger partial charge in [-0.25, -0.2) is 4.68 Å². The molecule has 0 fully saturated rings. The van der Waals surface area contributed by atoms with Gasteiger partial charge in [-0.1, -0.05) is 6.92 Å². The number of nitrogens with one attached hydrogen (secondary N) is 1. The highest BCUT2D eigenvalue weighted by molar-refractivity contribution is 5.92. The Hall–Kier alpha value is -2.14. The normalized spacial score (nSPS) is 12.1. The Morgan fingerprint density at radius 3 is 2.74 bits per heavy atom. The zero-order valence-electron chi connectivity index (χ0n) is 10.9. The summed E-state index contributed by atoms with van der Waals surface area (Å²) in [5.41, 5.74) is 7.18. The smallest absolute Gasteiger partial charge is 0.227 e. The van der Waals surface area contributed by atoms with E-state index in [0.717, 1.165) is 11.4 Å². The standard InChI is InChI=1S/C14H18N4O/c1-11(7-8-15)14(19)17-12-3-5-13(6-4-12)18-10-2-9-16-18/h2-6,9-11H,7-8,15H2,1H3,(H,17,19). The molecule has 0 aliphatic rings. The predicted octanol–water partition coefficient (Wildman–Crippen LogP) is 1.80. The third-order valence-electron chi connectivity index (χ3n) is 2.95. The van der Waals surface area contributed by atoms with Crippen molar-refractivity contribution in [3.8, 4) is 5.69 Å². The summed E-state index contributed by atoms with van der Waals surface area (Å²) in [6, 6.07) is 9.42. The molecule has 1 amide bonds. The van der Waals surface area contributed by atoms with Crippen LogP contribution in [0.5, 0.6) is 0 Å². The van der Waals surface area contributed by atoms with Gasteiger partial charge in [-0.3, -0.25) is 4.79 Å². The van der Waals surface area contributed by atoms with E-state index in [2.05, 4.69) is 10.4 Å². The van der Waals surface area contributed by atoms with Crippen LogP contribution in [0.25, 0.3) is 5.69 Å². The number of rotatable bonds is 5. The number of nitrogens with zero attached hydrogens (tertiary/aromatic N) is 2. The first kappa shape index (κ1) is 13.3. The van der Waals surface area contributed by atoms with E-state index in [1.54, 1.807) is 10.9 Å². The quantitative estimate of drug-likeness (QED) is 0.858. The monoisotopic (exact) mass is 258 g/mol. The van der Waals surface area contributed by atoms with Crippen LogP contribution in [-0.4, -0.2) is 22.2 Å². The minimum atomic E-state index is -0.0733. The van der Waals surface area contributed by atoms with E-state index in [9.17, 15) is 4.79 Å². The average molecular weight is 258 g/mol. The van der Waals surface area contributed by atoms with Crippen molar-refractivity contribution < 1.29 is 4.79 Å². The molecule has 0 saturated heterocycles. The van der Waals surface area contributed by atoms with Gasteiger partial charge in [0.15, 0.2) is 0 Å². The fraction of sp³-hybridized carbons (Fsp3) is 0.286. The molecular formula is C14H18N4O. The molecule has 1 aromatic heterocycles. The molecule has 2 rings (SSSR count). The van der Waals surface area contributed by atoms with E-state index >= 15 is 0 Å². The molecule has 0 aliphatic heterocycles. The second-order valence-electron chi connectivity index (χ2n) is 4.47. The lowest BCUT2D eigenvalue weighted by molar-refractivity contribution is -0.119. The van der Waals surface area contributed by atoms with Crippen LogP contribution in [0.15, 0.2) is 42.7 Å². The topological polar surface area (TPSA) is 72.9 Å². The molecule has 1 aromatic carbocycles. The molecule has 1 heterocycles. The third kappa shape index (κ3) is 3.42. The summed E-state index contributed by atoms with van der Waals surface area (Å²) < 4.78 is 1.77. The Kier molecular flexibility index (Phi) is 4.30. The van der Waals surface area contributed by atoms with Crippen molar-refractivity contribution in [3.63, 3.8) is 0 Å². The molecule has 3 N–H and O–H groups in total. The summed E-state index contributed by atoms with van der Waals surface area (Å²) in [4.78, 5) is 11.8. The second kappa shape index (κ2) is 6.15. The highest BCUT2D eigenvalue weighted by Gasteiger charge is 2.11. The molecule has 1 atom stereocenters. The lowest BCUT2D eigenvalue weighted by Crippen LogP contribution is -2.22. The van der Waals surface area contributed by atoms with Crippen molar-refractivity contribution in [2.24, 2.45) is 11.7 Å². The SMILES string of the molecule is CC(CCN)C(=O)Nc1ccc(-n2cccn2)cc1. The van der Waals surface area contributed by atoms with E-state index in [0.29, 0.717) is 13.0 Å². The third-order valence-corrected chi connectivity index (χ3v) is 2.95. The van der Waals surface area contributed by atoms with Gasteiger partial charge in [0.25, 0.3) is 0 Å². The molecule has 5 heteroatoms. The van der Waals surface area contributed by atoms with E-state index in [1.807, 2.05) is 43.5 Å². The van der Waals surface area contributed by atoms with Gasteiger partial charge in [-0.15, -0.1) is 0 Å². The number of hydrogen-bond donors (Lipinski definition) is 2. The van der Waals surface area contributed by atoms with Crippen LogP contribution < -0.4 is 11.1 Å².